The molecule has 88 valence electrons. The molecule has 0 amide bonds. The second kappa shape index (κ2) is 4.37. The van der Waals surface area contributed by atoms with Crippen molar-refractivity contribution in [2.75, 3.05) is 0 Å². The van der Waals surface area contributed by atoms with Gasteiger partial charge in [0.1, 0.15) is 16.8 Å². The van der Waals surface area contributed by atoms with Gasteiger partial charge in [0.2, 0.25) is 0 Å². The largest absolute Gasteiger partial charge is 0.507 e. The molecule has 2 rings (SSSR count). The van der Waals surface area contributed by atoms with Crippen LogP contribution in [0.2, 0.25) is 0 Å². The molecular formula is C12H12N2O3. The van der Waals surface area contributed by atoms with Crippen molar-refractivity contribution < 1.29 is 15.0 Å². The monoisotopic (exact) mass is 232 g/mol. The zero-order valence-electron chi connectivity index (χ0n) is 9.34. The average molecular weight is 232 g/mol. The van der Waals surface area contributed by atoms with E-state index in [-0.39, 0.29) is 16.8 Å². The summed E-state index contributed by atoms with van der Waals surface area (Å²) in [7, 11) is 0. The lowest BCUT2D eigenvalue weighted by Crippen LogP contribution is -2.03. The van der Waals surface area contributed by atoms with Crippen LogP contribution in [0.5, 0.6) is 5.75 Å². The Bertz CT molecular complexity index is 581. The molecule has 0 aliphatic carbocycles. The van der Waals surface area contributed by atoms with Crippen LogP contribution in [0.1, 0.15) is 29.3 Å². The van der Waals surface area contributed by atoms with E-state index in [4.69, 9.17) is 5.11 Å². The Hall–Kier alpha value is -2.17. The van der Waals surface area contributed by atoms with Crippen molar-refractivity contribution in [3.63, 3.8) is 0 Å². The number of aromatic hydroxyl groups is 1. The number of benzene rings is 1. The summed E-state index contributed by atoms with van der Waals surface area (Å²) in [5.41, 5.74) is 1.14. The molecule has 0 bridgehead atoms. The smallest absolute Gasteiger partial charge is 0.341 e. The van der Waals surface area contributed by atoms with E-state index in [1.165, 1.54) is 12.4 Å². The van der Waals surface area contributed by atoms with Gasteiger partial charge in [0.05, 0.1) is 5.52 Å². The molecule has 2 aromatic rings. The summed E-state index contributed by atoms with van der Waals surface area (Å²) in [6, 6.07) is 1.69. The average Bonchev–Trinajstić information content (AvgIpc) is 2.30. The Morgan fingerprint density at radius 1 is 1.35 bits per heavy atom. The van der Waals surface area contributed by atoms with Crippen molar-refractivity contribution in [3.05, 3.63) is 29.6 Å². The van der Waals surface area contributed by atoms with E-state index in [9.17, 15) is 9.90 Å². The van der Waals surface area contributed by atoms with Crippen molar-refractivity contribution in [2.24, 2.45) is 0 Å². The fourth-order valence-electron chi connectivity index (χ4n) is 1.82. The molecule has 0 aliphatic rings. The lowest BCUT2D eigenvalue weighted by Gasteiger charge is -2.08. The first-order valence-electron chi connectivity index (χ1n) is 5.34. The van der Waals surface area contributed by atoms with Gasteiger partial charge in [-0.15, -0.1) is 0 Å². The summed E-state index contributed by atoms with van der Waals surface area (Å²) in [4.78, 5) is 19.2. The van der Waals surface area contributed by atoms with Gasteiger partial charge in [-0.3, -0.25) is 9.97 Å². The van der Waals surface area contributed by atoms with Gasteiger partial charge >= 0.3 is 5.97 Å². The molecule has 5 nitrogen and oxygen atoms in total. The van der Waals surface area contributed by atoms with Crippen molar-refractivity contribution >= 4 is 17.0 Å². The van der Waals surface area contributed by atoms with Gasteiger partial charge in [0.15, 0.2) is 0 Å². The summed E-state index contributed by atoms with van der Waals surface area (Å²) in [6.45, 7) is 1.96. The van der Waals surface area contributed by atoms with Crippen molar-refractivity contribution in [3.8, 4) is 5.75 Å². The number of nitrogens with zero attached hydrogens (tertiary/aromatic N) is 2. The third-order valence-electron chi connectivity index (χ3n) is 2.55. The Balaban J connectivity index is 2.80. The summed E-state index contributed by atoms with van der Waals surface area (Å²) in [5, 5.41) is 19.1. The number of aryl methyl sites for hydroxylation is 1. The van der Waals surface area contributed by atoms with E-state index >= 15 is 0 Å². The maximum absolute atomic E-state index is 11.2. The molecule has 0 fully saturated rings. The minimum atomic E-state index is -1.19. The standard InChI is InChI=1S/C12H12N2O3/c1-2-3-7-6-8-10(14-5-4-13-8)9(11(7)15)12(16)17/h4-6,15H,2-3H2,1H3,(H,16,17). The Kier molecular flexibility index (Phi) is 2.91. The van der Waals surface area contributed by atoms with Crippen LogP contribution >= 0.6 is 0 Å². The number of carbonyl (C=O) groups is 1. The van der Waals surface area contributed by atoms with E-state index in [2.05, 4.69) is 9.97 Å². The number of phenols is 1. The molecule has 0 saturated heterocycles. The quantitative estimate of drug-likeness (QED) is 0.845. The first-order valence-corrected chi connectivity index (χ1v) is 5.34. The highest BCUT2D eigenvalue weighted by molar-refractivity contribution is 6.04. The zero-order valence-corrected chi connectivity index (χ0v) is 9.34. The predicted molar refractivity (Wildman–Crippen MR) is 62.2 cm³/mol. The Morgan fingerprint density at radius 3 is 2.71 bits per heavy atom. The molecule has 5 heteroatoms. The number of hydrogen-bond acceptors (Lipinski definition) is 4. The van der Waals surface area contributed by atoms with Crippen LogP contribution < -0.4 is 0 Å². The minimum absolute atomic E-state index is 0.168. The number of carboxylic acid groups (broad SMARTS) is 1. The third-order valence-corrected chi connectivity index (χ3v) is 2.55. The number of fused-ring (bicyclic) bond motifs is 1. The van der Waals surface area contributed by atoms with Crippen LogP contribution in [0, 0.1) is 0 Å². The summed E-state index contributed by atoms with van der Waals surface area (Å²) < 4.78 is 0. The highest BCUT2D eigenvalue weighted by Crippen LogP contribution is 2.29. The summed E-state index contributed by atoms with van der Waals surface area (Å²) in [6.07, 6.45) is 4.34. The zero-order chi connectivity index (χ0) is 12.4. The molecular weight excluding hydrogens is 220 g/mol. The molecule has 0 atom stereocenters. The maximum atomic E-state index is 11.2. The molecule has 1 aromatic carbocycles. The second-order valence-electron chi connectivity index (χ2n) is 3.74. The lowest BCUT2D eigenvalue weighted by molar-refractivity contribution is 0.0695. The third kappa shape index (κ3) is 1.91. The molecule has 0 aliphatic heterocycles. The van der Waals surface area contributed by atoms with Gasteiger partial charge in [-0.2, -0.15) is 0 Å². The highest BCUT2D eigenvalue weighted by Gasteiger charge is 2.19. The molecule has 0 saturated carbocycles. The SMILES string of the molecule is CCCc1cc2nccnc2c(C(=O)O)c1O. The van der Waals surface area contributed by atoms with E-state index in [0.29, 0.717) is 17.5 Å². The highest BCUT2D eigenvalue weighted by atomic mass is 16.4. The Morgan fingerprint density at radius 2 is 2.06 bits per heavy atom. The van der Waals surface area contributed by atoms with Gasteiger partial charge in [0, 0.05) is 12.4 Å². The Labute approximate surface area is 97.8 Å². The van der Waals surface area contributed by atoms with Crippen LogP contribution in [0.4, 0.5) is 0 Å². The number of hydrogen-bond donors (Lipinski definition) is 2. The van der Waals surface area contributed by atoms with Gasteiger partial charge in [-0.05, 0) is 18.1 Å². The molecule has 0 spiro atoms. The van der Waals surface area contributed by atoms with Crippen LogP contribution in [-0.2, 0) is 6.42 Å². The first kappa shape index (κ1) is 11.3. The van der Waals surface area contributed by atoms with E-state index in [1.54, 1.807) is 6.07 Å². The van der Waals surface area contributed by atoms with Crippen molar-refractivity contribution in [1.82, 2.24) is 9.97 Å². The molecule has 0 unspecified atom stereocenters. The van der Waals surface area contributed by atoms with Crippen LogP contribution in [-0.4, -0.2) is 26.2 Å². The number of aromatic carboxylic acids is 1. The van der Waals surface area contributed by atoms with Crippen molar-refractivity contribution in [2.45, 2.75) is 19.8 Å². The van der Waals surface area contributed by atoms with Crippen LogP contribution in [0.25, 0.3) is 11.0 Å². The van der Waals surface area contributed by atoms with Crippen LogP contribution in [0.3, 0.4) is 0 Å². The van der Waals surface area contributed by atoms with Gasteiger partial charge in [0.25, 0.3) is 0 Å². The number of carboxylic acids is 1. The number of rotatable bonds is 3. The molecule has 2 N–H and O–H groups in total. The van der Waals surface area contributed by atoms with Gasteiger partial charge < -0.3 is 10.2 Å². The van der Waals surface area contributed by atoms with E-state index < -0.39 is 5.97 Å². The van der Waals surface area contributed by atoms with E-state index in [0.717, 1.165) is 6.42 Å². The molecule has 17 heavy (non-hydrogen) atoms. The van der Waals surface area contributed by atoms with E-state index in [1.807, 2.05) is 6.92 Å². The normalized spacial score (nSPS) is 10.6. The fourth-order valence-corrected chi connectivity index (χ4v) is 1.82. The van der Waals surface area contributed by atoms with Gasteiger partial charge in [-0.1, -0.05) is 13.3 Å². The summed E-state index contributed by atoms with van der Waals surface area (Å²) >= 11 is 0. The second-order valence-corrected chi connectivity index (χ2v) is 3.74. The number of aromatic nitrogens is 2. The first-order chi connectivity index (χ1) is 8.15. The maximum Gasteiger partial charge on any atom is 0.341 e. The predicted octanol–water partition coefficient (Wildman–Crippen LogP) is 1.99. The lowest BCUT2D eigenvalue weighted by atomic mass is 10.0. The van der Waals surface area contributed by atoms with Crippen LogP contribution in [0.15, 0.2) is 18.5 Å². The fraction of sp³-hybridized carbons (Fsp3) is 0.250. The minimum Gasteiger partial charge on any atom is -0.507 e. The molecule has 0 radical (unpaired) electrons. The van der Waals surface area contributed by atoms with Gasteiger partial charge in [-0.25, -0.2) is 4.79 Å². The topological polar surface area (TPSA) is 83.3 Å². The molecule has 1 heterocycles. The summed E-state index contributed by atoms with van der Waals surface area (Å²) in [5.74, 6) is -1.39. The van der Waals surface area contributed by atoms with Crippen molar-refractivity contribution in [1.29, 1.82) is 0 Å². The molecule has 1 aromatic heterocycles.